The van der Waals surface area contributed by atoms with Gasteiger partial charge in [-0.25, -0.2) is 4.98 Å². The van der Waals surface area contributed by atoms with E-state index in [4.69, 9.17) is 16.6 Å². The normalized spacial score (nSPS) is 15.1. The van der Waals surface area contributed by atoms with Gasteiger partial charge in [-0.05, 0) is 55.2 Å². The Labute approximate surface area is 206 Å². The highest BCUT2D eigenvalue weighted by Crippen LogP contribution is 2.30. The number of hydrogen-bond acceptors (Lipinski definition) is 3. The van der Waals surface area contributed by atoms with E-state index in [9.17, 15) is 9.59 Å². The first-order valence-corrected chi connectivity index (χ1v) is 12.4. The van der Waals surface area contributed by atoms with Gasteiger partial charge in [0.1, 0.15) is 11.9 Å². The van der Waals surface area contributed by atoms with E-state index in [1.807, 2.05) is 29.2 Å². The first-order chi connectivity index (χ1) is 16.3. The fourth-order valence-corrected chi connectivity index (χ4v) is 4.98. The van der Waals surface area contributed by atoms with Crippen molar-refractivity contribution in [1.82, 2.24) is 19.4 Å². The van der Waals surface area contributed by atoms with Gasteiger partial charge in [0.15, 0.2) is 0 Å². The molecule has 6 nitrogen and oxygen atoms in total. The monoisotopic (exact) mass is 480 g/mol. The van der Waals surface area contributed by atoms with Crippen LogP contribution in [0.2, 0.25) is 5.02 Å². The zero-order valence-corrected chi connectivity index (χ0v) is 21.2. The molecular weight excluding hydrogens is 448 g/mol. The van der Waals surface area contributed by atoms with Gasteiger partial charge in [0.2, 0.25) is 11.8 Å². The number of carbonyl (C=O) groups excluding carboxylic acids is 2. The fraction of sp³-hybridized carbons (Fsp3) is 0.444. The number of imidazole rings is 1. The second kappa shape index (κ2) is 10.2. The summed E-state index contributed by atoms with van der Waals surface area (Å²) in [6, 6.07) is 11.7. The minimum atomic E-state index is -0.349. The van der Waals surface area contributed by atoms with Gasteiger partial charge in [0.05, 0.1) is 11.0 Å². The van der Waals surface area contributed by atoms with Crippen LogP contribution in [0.1, 0.15) is 55.2 Å². The minimum absolute atomic E-state index is 0.0608. The highest BCUT2D eigenvalue weighted by Gasteiger charge is 2.31. The van der Waals surface area contributed by atoms with Crippen LogP contribution in [0.25, 0.3) is 11.0 Å². The molecule has 4 rings (SSSR count). The Hall–Kier alpha value is -2.86. The summed E-state index contributed by atoms with van der Waals surface area (Å²) in [6.45, 7) is 10.1. The minimum Gasteiger partial charge on any atom is -0.339 e. The number of piperazine rings is 1. The van der Waals surface area contributed by atoms with Gasteiger partial charge in [-0.15, -0.1) is 0 Å². The molecule has 1 aromatic heterocycles. The molecule has 1 saturated heterocycles. The average molecular weight is 481 g/mol. The Morgan fingerprint density at radius 1 is 1.03 bits per heavy atom. The maximum absolute atomic E-state index is 13.9. The lowest BCUT2D eigenvalue weighted by atomic mass is 10.1. The number of amides is 2. The summed E-state index contributed by atoms with van der Waals surface area (Å²) in [6.07, 6.45) is 2.15. The molecule has 0 saturated carbocycles. The summed E-state index contributed by atoms with van der Waals surface area (Å²) in [5.74, 6) is 1.01. The van der Waals surface area contributed by atoms with Gasteiger partial charge in [-0.3, -0.25) is 9.59 Å². The van der Waals surface area contributed by atoms with Crippen LogP contribution in [-0.4, -0.2) is 57.3 Å². The Bertz CT molecular complexity index is 1210. The number of halogens is 1. The molecule has 2 amide bonds. The third kappa shape index (κ3) is 4.83. The number of fused-ring (bicyclic) bond motifs is 1. The van der Waals surface area contributed by atoms with Crippen LogP contribution in [0.15, 0.2) is 36.4 Å². The van der Waals surface area contributed by atoms with Crippen molar-refractivity contribution in [2.75, 3.05) is 26.2 Å². The van der Waals surface area contributed by atoms with Crippen molar-refractivity contribution in [2.24, 2.45) is 0 Å². The van der Waals surface area contributed by atoms with Crippen LogP contribution in [0, 0.1) is 13.8 Å². The van der Waals surface area contributed by atoms with Crippen molar-refractivity contribution in [1.29, 1.82) is 0 Å². The van der Waals surface area contributed by atoms with E-state index in [-0.39, 0.29) is 17.9 Å². The van der Waals surface area contributed by atoms with Crippen molar-refractivity contribution in [3.8, 4) is 0 Å². The highest BCUT2D eigenvalue weighted by molar-refractivity contribution is 6.31. The fourth-order valence-electron chi connectivity index (χ4n) is 4.77. The molecule has 2 heterocycles. The van der Waals surface area contributed by atoms with E-state index in [1.54, 1.807) is 11.8 Å². The van der Waals surface area contributed by atoms with Crippen molar-refractivity contribution in [3.63, 3.8) is 0 Å². The largest absolute Gasteiger partial charge is 0.339 e. The third-order valence-corrected chi connectivity index (χ3v) is 7.25. The molecule has 34 heavy (non-hydrogen) atoms. The molecule has 0 aliphatic carbocycles. The molecule has 1 aliphatic rings. The topological polar surface area (TPSA) is 58.4 Å². The lowest BCUT2D eigenvalue weighted by Crippen LogP contribution is -2.51. The standard InChI is InChI=1S/C27H33ClN4O2/c1-5-8-24(27(34)31-13-11-30(12-14-31)20(4)33)32-25-16-19(3)18(2)15-23(25)29-26(32)17-21-9-6-7-10-22(21)28/h6-7,9-10,15-16,24H,5,8,11-14,17H2,1-4H3. The Morgan fingerprint density at radius 3 is 2.32 bits per heavy atom. The maximum atomic E-state index is 13.9. The molecule has 0 N–H and O–H groups in total. The van der Waals surface area contributed by atoms with Crippen molar-refractivity contribution < 1.29 is 9.59 Å². The van der Waals surface area contributed by atoms with Gasteiger partial charge in [-0.2, -0.15) is 0 Å². The van der Waals surface area contributed by atoms with Crippen LogP contribution < -0.4 is 0 Å². The van der Waals surface area contributed by atoms with Crippen molar-refractivity contribution in [2.45, 2.75) is 53.0 Å². The molecule has 0 bridgehead atoms. The van der Waals surface area contributed by atoms with Crippen LogP contribution in [0.3, 0.4) is 0 Å². The van der Waals surface area contributed by atoms with E-state index >= 15 is 0 Å². The van der Waals surface area contributed by atoms with Gasteiger partial charge in [0, 0.05) is 44.5 Å². The van der Waals surface area contributed by atoms with Crippen molar-refractivity contribution >= 4 is 34.4 Å². The number of hydrogen-bond donors (Lipinski definition) is 0. The van der Waals surface area contributed by atoms with Crippen LogP contribution in [0.4, 0.5) is 0 Å². The molecule has 7 heteroatoms. The molecule has 1 atom stereocenters. The first-order valence-electron chi connectivity index (χ1n) is 12.1. The summed E-state index contributed by atoms with van der Waals surface area (Å²) in [7, 11) is 0. The van der Waals surface area contributed by atoms with E-state index in [2.05, 4.69) is 37.5 Å². The number of nitrogens with zero attached hydrogens (tertiary/aromatic N) is 4. The van der Waals surface area contributed by atoms with Crippen LogP contribution in [0.5, 0.6) is 0 Å². The van der Waals surface area contributed by atoms with Gasteiger partial charge in [-0.1, -0.05) is 43.1 Å². The lowest BCUT2D eigenvalue weighted by molar-refractivity contribution is -0.140. The first kappa shape index (κ1) is 24.3. The number of aromatic nitrogens is 2. The zero-order valence-electron chi connectivity index (χ0n) is 20.5. The van der Waals surface area contributed by atoms with Crippen LogP contribution >= 0.6 is 11.6 Å². The smallest absolute Gasteiger partial charge is 0.245 e. The molecular formula is C27H33ClN4O2. The summed E-state index contributed by atoms with van der Waals surface area (Å²) in [4.78, 5) is 34.3. The van der Waals surface area contributed by atoms with Crippen molar-refractivity contribution in [3.05, 3.63) is 63.9 Å². The second-order valence-corrected chi connectivity index (χ2v) is 9.63. The number of aryl methyl sites for hydroxylation is 2. The molecule has 0 spiro atoms. The number of rotatable bonds is 6. The second-order valence-electron chi connectivity index (χ2n) is 9.23. The predicted molar refractivity (Wildman–Crippen MR) is 136 cm³/mol. The number of carbonyl (C=O) groups is 2. The Balaban J connectivity index is 1.77. The van der Waals surface area contributed by atoms with E-state index in [1.165, 1.54) is 11.1 Å². The zero-order chi connectivity index (χ0) is 24.4. The maximum Gasteiger partial charge on any atom is 0.245 e. The van der Waals surface area contributed by atoms with Crippen LogP contribution in [-0.2, 0) is 16.0 Å². The summed E-state index contributed by atoms with van der Waals surface area (Å²) in [5, 5.41) is 0.701. The van der Waals surface area contributed by atoms with Gasteiger partial charge in [0.25, 0.3) is 0 Å². The quantitative estimate of drug-likeness (QED) is 0.502. The van der Waals surface area contributed by atoms with Gasteiger partial charge >= 0.3 is 0 Å². The predicted octanol–water partition coefficient (Wildman–Crippen LogP) is 4.93. The summed E-state index contributed by atoms with van der Waals surface area (Å²) < 4.78 is 2.15. The molecule has 3 aromatic rings. The highest BCUT2D eigenvalue weighted by atomic mass is 35.5. The molecule has 1 fully saturated rings. The lowest BCUT2D eigenvalue weighted by Gasteiger charge is -2.36. The van der Waals surface area contributed by atoms with Gasteiger partial charge < -0.3 is 14.4 Å². The SMILES string of the molecule is CCCC(C(=O)N1CCN(C(C)=O)CC1)n1c(Cc2ccccc2Cl)nc2cc(C)c(C)cc21. The molecule has 0 radical (unpaired) electrons. The number of benzene rings is 2. The summed E-state index contributed by atoms with van der Waals surface area (Å²) in [5.41, 5.74) is 5.24. The average Bonchev–Trinajstić information content (AvgIpc) is 3.15. The summed E-state index contributed by atoms with van der Waals surface area (Å²) >= 11 is 6.50. The molecule has 1 aliphatic heterocycles. The third-order valence-electron chi connectivity index (χ3n) is 6.88. The molecule has 1 unspecified atom stereocenters. The molecule has 2 aromatic carbocycles. The Morgan fingerprint density at radius 2 is 1.68 bits per heavy atom. The van der Waals surface area contributed by atoms with E-state index in [0.717, 1.165) is 35.3 Å². The van der Waals surface area contributed by atoms with E-state index in [0.29, 0.717) is 37.6 Å². The Kier molecular flexibility index (Phi) is 7.27. The molecule has 180 valence electrons. The van der Waals surface area contributed by atoms with E-state index < -0.39 is 0 Å².